The molecule has 0 N–H and O–H groups in total. The predicted molar refractivity (Wildman–Crippen MR) is 66.3 cm³/mol. The van der Waals surface area contributed by atoms with Crippen molar-refractivity contribution in [2.24, 2.45) is 0 Å². The molecule has 0 bridgehead atoms. The monoisotopic (exact) mass is 236 g/mol. The van der Waals surface area contributed by atoms with Gasteiger partial charge in [-0.15, -0.1) is 0 Å². The van der Waals surface area contributed by atoms with E-state index in [1.807, 2.05) is 44.2 Å². The van der Waals surface area contributed by atoms with Gasteiger partial charge in [-0.05, 0) is 25.8 Å². The summed E-state index contributed by atoms with van der Waals surface area (Å²) >= 11 is 0. The summed E-state index contributed by atoms with van der Waals surface area (Å²) in [7, 11) is 0. The van der Waals surface area contributed by atoms with Crippen molar-refractivity contribution < 1.29 is 14.6 Å². The summed E-state index contributed by atoms with van der Waals surface area (Å²) < 4.78 is 0. The third-order valence-corrected chi connectivity index (χ3v) is 2.40. The van der Waals surface area contributed by atoms with Gasteiger partial charge in [0.05, 0.1) is 6.42 Å². The summed E-state index contributed by atoms with van der Waals surface area (Å²) in [4.78, 5) is 21.5. The van der Waals surface area contributed by atoms with Gasteiger partial charge in [-0.2, -0.15) is 4.89 Å². The Kier molecular flexibility index (Phi) is 5.16. The summed E-state index contributed by atoms with van der Waals surface area (Å²) in [5.41, 5.74) is 0.510. The van der Waals surface area contributed by atoms with E-state index in [0.29, 0.717) is 0 Å². The zero-order valence-corrected chi connectivity index (χ0v) is 10.7. The lowest BCUT2D eigenvalue weighted by atomic mass is 10.0. The van der Waals surface area contributed by atoms with Crippen LogP contribution >= 0.6 is 0 Å². The maximum atomic E-state index is 11.5. The van der Waals surface area contributed by atoms with Gasteiger partial charge < -0.3 is 0 Å². The molecule has 1 aromatic rings. The topological polar surface area (TPSA) is 35.5 Å². The first-order valence-electron chi connectivity index (χ1n) is 5.96. The van der Waals surface area contributed by atoms with Crippen molar-refractivity contribution in [3.8, 4) is 0 Å². The molecule has 0 fully saturated rings. The molecule has 0 unspecified atom stereocenters. The van der Waals surface area contributed by atoms with Crippen molar-refractivity contribution in [3.05, 3.63) is 35.9 Å². The Morgan fingerprint density at radius 1 is 1.24 bits per heavy atom. The van der Waals surface area contributed by atoms with Crippen molar-refractivity contribution in [2.45, 2.75) is 45.6 Å². The van der Waals surface area contributed by atoms with E-state index < -0.39 is 5.60 Å². The maximum Gasteiger partial charge on any atom is 0.346 e. The van der Waals surface area contributed by atoms with Crippen molar-refractivity contribution in [1.29, 1.82) is 0 Å². The van der Waals surface area contributed by atoms with Gasteiger partial charge >= 0.3 is 5.97 Å². The largest absolute Gasteiger partial charge is 0.346 e. The zero-order valence-electron chi connectivity index (χ0n) is 10.7. The number of hydrogen-bond acceptors (Lipinski definition) is 3. The highest BCUT2D eigenvalue weighted by Crippen LogP contribution is 2.17. The maximum absolute atomic E-state index is 11.5. The van der Waals surface area contributed by atoms with Crippen LogP contribution in [0, 0.1) is 0 Å². The molecule has 0 aliphatic carbocycles. The molecule has 0 heterocycles. The molecular weight excluding hydrogens is 216 g/mol. The molecule has 0 spiro atoms. The second-order valence-electron chi connectivity index (χ2n) is 4.71. The second kappa shape index (κ2) is 6.40. The van der Waals surface area contributed by atoms with Crippen LogP contribution in [0.15, 0.2) is 30.3 Å². The number of hydrogen-bond donors (Lipinski definition) is 0. The Hall–Kier alpha value is -1.35. The van der Waals surface area contributed by atoms with Crippen LogP contribution in [-0.2, 0) is 21.0 Å². The van der Waals surface area contributed by atoms with Crippen LogP contribution in [0.4, 0.5) is 0 Å². The smallest absolute Gasteiger partial charge is 0.297 e. The van der Waals surface area contributed by atoms with Gasteiger partial charge in [0.2, 0.25) is 0 Å². The molecule has 0 aromatic heterocycles. The van der Waals surface area contributed by atoms with E-state index >= 15 is 0 Å². The normalized spacial score (nSPS) is 11.2. The Morgan fingerprint density at radius 2 is 1.88 bits per heavy atom. The van der Waals surface area contributed by atoms with Crippen LogP contribution in [0.1, 0.15) is 39.2 Å². The predicted octanol–water partition coefficient (Wildman–Crippen LogP) is 3.28. The van der Waals surface area contributed by atoms with Crippen molar-refractivity contribution in [2.75, 3.05) is 0 Å². The number of rotatable bonds is 6. The first-order valence-corrected chi connectivity index (χ1v) is 5.96. The lowest BCUT2D eigenvalue weighted by molar-refractivity contribution is -0.325. The van der Waals surface area contributed by atoms with Crippen LogP contribution < -0.4 is 0 Å². The fourth-order valence-corrected chi connectivity index (χ4v) is 1.59. The highest BCUT2D eigenvalue weighted by Gasteiger charge is 2.21. The molecule has 0 amide bonds. The van der Waals surface area contributed by atoms with Crippen LogP contribution in [0.2, 0.25) is 0 Å². The molecule has 17 heavy (non-hydrogen) atoms. The van der Waals surface area contributed by atoms with E-state index in [1.54, 1.807) is 0 Å². The highest BCUT2D eigenvalue weighted by molar-refractivity contribution is 5.71. The minimum atomic E-state index is -0.416. The number of carbonyl (C=O) groups excluding carboxylic acids is 1. The van der Waals surface area contributed by atoms with Gasteiger partial charge in [0, 0.05) is 0 Å². The lowest BCUT2D eigenvalue weighted by Gasteiger charge is -2.21. The minimum absolute atomic E-state index is 0.239. The van der Waals surface area contributed by atoms with Gasteiger partial charge in [-0.25, -0.2) is 4.79 Å². The van der Waals surface area contributed by atoms with E-state index in [1.165, 1.54) is 0 Å². The Balaban J connectivity index is 2.36. The molecule has 0 saturated heterocycles. The molecule has 0 atom stereocenters. The first kappa shape index (κ1) is 13.7. The standard InChI is InChI=1S/C14H20O3/c1-4-10-14(2,3)17-16-13(15)11-12-8-6-5-7-9-12/h5-9H,4,10-11H2,1-3H3. The second-order valence-corrected chi connectivity index (χ2v) is 4.71. The van der Waals surface area contributed by atoms with Gasteiger partial charge in [0.15, 0.2) is 0 Å². The summed E-state index contributed by atoms with van der Waals surface area (Å²) in [5.74, 6) is -0.361. The third-order valence-electron chi connectivity index (χ3n) is 2.40. The minimum Gasteiger partial charge on any atom is -0.297 e. The van der Waals surface area contributed by atoms with Crippen LogP contribution in [0.25, 0.3) is 0 Å². The Labute approximate surface area is 103 Å². The molecule has 3 heteroatoms. The molecule has 0 saturated carbocycles. The summed E-state index contributed by atoms with van der Waals surface area (Å²) in [6.07, 6.45) is 2.08. The number of carbonyl (C=O) groups is 1. The quantitative estimate of drug-likeness (QED) is 0.561. The molecule has 0 radical (unpaired) electrons. The number of benzene rings is 1. The van der Waals surface area contributed by atoms with Crippen molar-refractivity contribution in [1.82, 2.24) is 0 Å². The average Bonchev–Trinajstić information content (AvgIpc) is 2.28. The summed E-state index contributed by atoms with van der Waals surface area (Å²) in [6, 6.07) is 9.47. The van der Waals surface area contributed by atoms with E-state index in [0.717, 1.165) is 18.4 Å². The molecule has 94 valence electrons. The zero-order chi connectivity index (χ0) is 12.7. The van der Waals surface area contributed by atoms with Crippen molar-refractivity contribution >= 4 is 5.97 Å². The Morgan fingerprint density at radius 3 is 2.47 bits per heavy atom. The van der Waals surface area contributed by atoms with Crippen LogP contribution in [0.5, 0.6) is 0 Å². The van der Waals surface area contributed by atoms with Gasteiger partial charge in [0.1, 0.15) is 5.60 Å². The molecule has 3 nitrogen and oxygen atoms in total. The van der Waals surface area contributed by atoms with E-state index in [-0.39, 0.29) is 12.4 Å². The van der Waals surface area contributed by atoms with Gasteiger partial charge in [-0.1, -0.05) is 43.7 Å². The van der Waals surface area contributed by atoms with Crippen LogP contribution in [-0.4, -0.2) is 11.6 Å². The first-order chi connectivity index (χ1) is 8.03. The lowest BCUT2D eigenvalue weighted by Crippen LogP contribution is -2.26. The molecule has 0 aliphatic heterocycles. The summed E-state index contributed by atoms with van der Waals surface area (Å²) in [6.45, 7) is 5.88. The SMILES string of the molecule is CCCC(C)(C)OOC(=O)Cc1ccccc1. The van der Waals surface area contributed by atoms with Crippen molar-refractivity contribution in [3.63, 3.8) is 0 Å². The Bertz CT molecular complexity index is 344. The van der Waals surface area contributed by atoms with Gasteiger partial charge in [-0.3, -0.25) is 4.89 Å². The van der Waals surface area contributed by atoms with E-state index in [4.69, 9.17) is 9.78 Å². The fraction of sp³-hybridized carbons (Fsp3) is 0.500. The average molecular weight is 236 g/mol. The molecule has 1 rings (SSSR count). The summed E-state index contributed by atoms with van der Waals surface area (Å²) in [5, 5.41) is 0. The van der Waals surface area contributed by atoms with Crippen LogP contribution in [0.3, 0.4) is 0 Å². The highest BCUT2D eigenvalue weighted by atomic mass is 17.2. The molecular formula is C14H20O3. The van der Waals surface area contributed by atoms with E-state index in [2.05, 4.69) is 6.92 Å². The van der Waals surface area contributed by atoms with Gasteiger partial charge in [0.25, 0.3) is 0 Å². The molecule has 1 aromatic carbocycles. The third kappa shape index (κ3) is 5.50. The molecule has 0 aliphatic rings. The fourth-order valence-electron chi connectivity index (χ4n) is 1.59. The van der Waals surface area contributed by atoms with E-state index in [9.17, 15) is 4.79 Å².